The van der Waals surface area contributed by atoms with Gasteiger partial charge in [0.25, 0.3) is 0 Å². The summed E-state index contributed by atoms with van der Waals surface area (Å²) in [5, 5.41) is 3.39. The molecule has 0 spiro atoms. The van der Waals surface area contributed by atoms with Crippen molar-refractivity contribution >= 4 is 11.6 Å². The van der Waals surface area contributed by atoms with Gasteiger partial charge in [-0.3, -0.25) is 4.79 Å². The molecule has 1 amide bonds. The van der Waals surface area contributed by atoms with Crippen LogP contribution < -0.4 is 4.90 Å². The molecule has 1 aliphatic heterocycles. The maximum atomic E-state index is 12.6. The van der Waals surface area contributed by atoms with Crippen molar-refractivity contribution in [3.8, 4) is 11.4 Å². The molecule has 3 aromatic rings. The molecule has 6 nitrogen and oxygen atoms in total. The van der Waals surface area contributed by atoms with E-state index in [9.17, 15) is 18.0 Å². The van der Waals surface area contributed by atoms with Gasteiger partial charge in [0, 0.05) is 31.4 Å². The molecule has 156 valence electrons. The number of benzene rings is 2. The summed E-state index contributed by atoms with van der Waals surface area (Å²) in [6.45, 7) is 1.26. The molecule has 30 heavy (non-hydrogen) atoms. The molecule has 0 bridgehead atoms. The lowest BCUT2D eigenvalue weighted by Gasteiger charge is -2.45. The molecule has 4 rings (SSSR count). The Kier molecular flexibility index (Phi) is 5.19. The van der Waals surface area contributed by atoms with Crippen LogP contribution in [0.25, 0.3) is 11.4 Å². The van der Waals surface area contributed by atoms with E-state index in [1.807, 2.05) is 47.2 Å². The van der Waals surface area contributed by atoms with Crippen molar-refractivity contribution in [2.24, 2.45) is 0 Å². The van der Waals surface area contributed by atoms with E-state index in [1.165, 1.54) is 0 Å². The molecule has 0 radical (unpaired) electrons. The van der Waals surface area contributed by atoms with Crippen LogP contribution in [0.3, 0.4) is 0 Å². The van der Waals surface area contributed by atoms with Gasteiger partial charge >= 0.3 is 12.1 Å². The quantitative estimate of drug-likeness (QED) is 0.636. The summed E-state index contributed by atoms with van der Waals surface area (Å²) in [4.78, 5) is 19.6. The highest BCUT2D eigenvalue weighted by molar-refractivity contribution is 5.80. The number of carbonyl (C=O) groups is 1. The minimum Gasteiger partial charge on any atom is -0.368 e. The lowest BCUT2D eigenvalue weighted by atomic mass is 10.0. The zero-order valence-electron chi connectivity index (χ0n) is 16.1. The SMILES string of the molecule is CN(c1ccc(-c2noc(C(F)(F)F)n2)cc1)C1CN(C(=O)Cc2ccccc2)C1. The lowest BCUT2D eigenvalue weighted by molar-refractivity contribution is -0.159. The van der Waals surface area contributed by atoms with Crippen LogP contribution in [0.15, 0.2) is 59.1 Å². The highest BCUT2D eigenvalue weighted by atomic mass is 19.4. The fourth-order valence-corrected chi connectivity index (χ4v) is 3.30. The van der Waals surface area contributed by atoms with Gasteiger partial charge in [-0.15, -0.1) is 0 Å². The van der Waals surface area contributed by atoms with Crippen molar-refractivity contribution in [1.29, 1.82) is 0 Å². The number of halogens is 3. The fraction of sp³-hybridized carbons (Fsp3) is 0.286. The molecule has 1 aromatic heterocycles. The van der Waals surface area contributed by atoms with Gasteiger partial charge in [-0.05, 0) is 29.8 Å². The molecule has 2 aromatic carbocycles. The first-order valence-electron chi connectivity index (χ1n) is 9.37. The van der Waals surface area contributed by atoms with Gasteiger partial charge in [0.05, 0.1) is 12.5 Å². The molecule has 1 aliphatic rings. The third-order valence-electron chi connectivity index (χ3n) is 5.16. The van der Waals surface area contributed by atoms with Crippen molar-refractivity contribution in [3.05, 3.63) is 66.1 Å². The molecule has 1 saturated heterocycles. The Bertz CT molecular complexity index is 1010. The number of aromatic nitrogens is 2. The van der Waals surface area contributed by atoms with Gasteiger partial charge in [0.1, 0.15) is 0 Å². The average molecular weight is 416 g/mol. The first-order valence-corrected chi connectivity index (χ1v) is 9.37. The van der Waals surface area contributed by atoms with Crippen molar-refractivity contribution in [2.45, 2.75) is 18.6 Å². The standard InChI is InChI=1S/C21H19F3N4O2/c1-27(17-12-28(13-17)18(29)11-14-5-3-2-4-6-14)16-9-7-15(8-10-16)19-25-20(30-26-19)21(22,23)24/h2-10,17H,11-13H2,1H3. The van der Waals surface area contributed by atoms with E-state index >= 15 is 0 Å². The highest BCUT2D eigenvalue weighted by Crippen LogP contribution is 2.30. The summed E-state index contributed by atoms with van der Waals surface area (Å²) in [6.07, 6.45) is -4.28. The minimum atomic E-state index is -4.67. The van der Waals surface area contributed by atoms with Crippen LogP contribution in [0.1, 0.15) is 11.5 Å². The summed E-state index contributed by atoms with van der Waals surface area (Å²) in [7, 11) is 1.93. The number of nitrogens with zero attached hydrogens (tertiary/aromatic N) is 4. The van der Waals surface area contributed by atoms with Crippen molar-refractivity contribution in [3.63, 3.8) is 0 Å². The summed E-state index contributed by atoms with van der Waals surface area (Å²) in [6, 6.07) is 16.7. The van der Waals surface area contributed by atoms with Gasteiger partial charge < -0.3 is 14.3 Å². The molecule has 0 saturated carbocycles. The molecule has 2 heterocycles. The maximum Gasteiger partial charge on any atom is 0.471 e. The molecule has 0 unspecified atom stereocenters. The Balaban J connectivity index is 1.34. The molecular weight excluding hydrogens is 397 g/mol. The van der Waals surface area contributed by atoms with Gasteiger partial charge in [0.2, 0.25) is 11.7 Å². The maximum absolute atomic E-state index is 12.6. The van der Waals surface area contributed by atoms with Crippen LogP contribution in [0.4, 0.5) is 18.9 Å². The summed E-state index contributed by atoms with van der Waals surface area (Å²) >= 11 is 0. The van der Waals surface area contributed by atoms with E-state index in [2.05, 4.69) is 14.7 Å². The zero-order valence-corrected chi connectivity index (χ0v) is 16.1. The number of likely N-dealkylation sites (N-methyl/N-ethyl adjacent to an activating group) is 1. The van der Waals surface area contributed by atoms with Gasteiger partial charge in [-0.2, -0.15) is 18.2 Å². The van der Waals surface area contributed by atoms with E-state index in [1.54, 1.807) is 24.3 Å². The summed E-state index contributed by atoms with van der Waals surface area (Å²) in [5.74, 6) is -1.38. The van der Waals surface area contributed by atoms with E-state index < -0.39 is 12.1 Å². The molecular formula is C21H19F3N4O2. The molecule has 0 atom stereocenters. The van der Waals surface area contributed by atoms with Crippen LogP contribution in [0.2, 0.25) is 0 Å². The lowest BCUT2D eigenvalue weighted by Crippen LogP contribution is -2.60. The van der Waals surface area contributed by atoms with E-state index in [4.69, 9.17) is 0 Å². The largest absolute Gasteiger partial charge is 0.471 e. The van der Waals surface area contributed by atoms with Crippen molar-refractivity contribution in [1.82, 2.24) is 15.0 Å². The van der Waals surface area contributed by atoms with Gasteiger partial charge in [-0.1, -0.05) is 35.5 Å². The second kappa shape index (κ2) is 7.81. The topological polar surface area (TPSA) is 62.5 Å². The summed E-state index contributed by atoms with van der Waals surface area (Å²) in [5.41, 5.74) is 2.31. The number of hydrogen-bond donors (Lipinski definition) is 0. The van der Waals surface area contributed by atoms with Crippen LogP contribution in [0, 0.1) is 0 Å². The summed E-state index contributed by atoms with van der Waals surface area (Å²) < 4.78 is 42.1. The molecule has 9 heteroatoms. The van der Waals surface area contributed by atoms with Gasteiger partial charge in [0.15, 0.2) is 0 Å². The predicted octanol–water partition coefficient (Wildman–Crippen LogP) is 3.65. The van der Waals surface area contributed by atoms with Gasteiger partial charge in [-0.25, -0.2) is 0 Å². The average Bonchev–Trinajstić information content (AvgIpc) is 3.18. The predicted molar refractivity (Wildman–Crippen MR) is 104 cm³/mol. The third-order valence-corrected chi connectivity index (χ3v) is 5.16. The number of amides is 1. The second-order valence-corrected chi connectivity index (χ2v) is 7.19. The van der Waals surface area contributed by atoms with Crippen molar-refractivity contribution < 1.29 is 22.5 Å². The molecule has 1 fully saturated rings. The Morgan fingerprint density at radius 1 is 1.13 bits per heavy atom. The zero-order chi connectivity index (χ0) is 21.3. The first kappa shape index (κ1) is 19.9. The van der Waals surface area contributed by atoms with E-state index in [-0.39, 0.29) is 17.8 Å². The minimum absolute atomic E-state index is 0.0961. The number of alkyl halides is 3. The fourth-order valence-electron chi connectivity index (χ4n) is 3.30. The van der Waals surface area contributed by atoms with Crippen LogP contribution in [0.5, 0.6) is 0 Å². The second-order valence-electron chi connectivity index (χ2n) is 7.19. The smallest absolute Gasteiger partial charge is 0.368 e. The normalized spacial score (nSPS) is 14.5. The van der Waals surface area contributed by atoms with E-state index in [0.29, 0.717) is 25.1 Å². The molecule has 0 N–H and O–H groups in total. The Labute approximate surface area is 170 Å². The number of anilines is 1. The number of carbonyl (C=O) groups excluding carboxylic acids is 1. The number of hydrogen-bond acceptors (Lipinski definition) is 5. The molecule has 0 aliphatic carbocycles. The van der Waals surface area contributed by atoms with Crippen LogP contribution in [-0.2, 0) is 17.4 Å². The Hall–Kier alpha value is -3.36. The number of likely N-dealkylation sites (tertiary alicyclic amines) is 1. The Morgan fingerprint density at radius 2 is 1.80 bits per heavy atom. The van der Waals surface area contributed by atoms with Crippen LogP contribution in [-0.4, -0.2) is 47.1 Å². The third kappa shape index (κ3) is 4.14. The highest BCUT2D eigenvalue weighted by Gasteiger charge is 2.38. The first-order chi connectivity index (χ1) is 14.3. The Morgan fingerprint density at radius 3 is 2.40 bits per heavy atom. The number of rotatable bonds is 5. The van der Waals surface area contributed by atoms with Crippen molar-refractivity contribution in [2.75, 3.05) is 25.0 Å². The van der Waals surface area contributed by atoms with Crippen LogP contribution >= 0.6 is 0 Å². The monoisotopic (exact) mass is 416 g/mol. The van der Waals surface area contributed by atoms with E-state index in [0.717, 1.165) is 11.3 Å².